The summed E-state index contributed by atoms with van der Waals surface area (Å²) in [6.45, 7) is 5.27. The fourth-order valence-corrected chi connectivity index (χ4v) is 1.64. The van der Waals surface area contributed by atoms with Crippen LogP contribution in [0.1, 0.15) is 26.7 Å². The predicted molar refractivity (Wildman–Crippen MR) is 54.2 cm³/mol. The van der Waals surface area contributed by atoms with E-state index in [1.165, 1.54) is 0 Å². The summed E-state index contributed by atoms with van der Waals surface area (Å²) in [7, 11) is 1.98. The third-order valence-corrected chi connectivity index (χ3v) is 2.71. The first-order valence-corrected chi connectivity index (χ1v) is 4.49. The van der Waals surface area contributed by atoms with Crippen molar-refractivity contribution in [3.05, 3.63) is 0 Å². The predicted octanol–water partition coefficient (Wildman–Crippen LogP) is 1.46. The molecule has 1 rings (SSSR count). The van der Waals surface area contributed by atoms with Gasteiger partial charge >= 0.3 is 5.97 Å². The van der Waals surface area contributed by atoms with Gasteiger partial charge in [0.15, 0.2) is 0 Å². The lowest BCUT2D eigenvalue weighted by Crippen LogP contribution is -2.46. The lowest BCUT2D eigenvalue weighted by atomic mass is 10.00. The third kappa shape index (κ3) is 2.35. The third-order valence-electron chi connectivity index (χ3n) is 2.71. The van der Waals surface area contributed by atoms with Gasteiger partial charge in [0.05, 0.1) is 6.61 Å². The Hall–Kier alpha value is -0.280. The standard InChI is InChI=1S/C9H17NO2.ClH/c1-4-12-8(11)9(2)6-5-7-10(9)3;/h4-7H2,1-3H3;1H. The van der Waals surface area contributed by atoms with E-state index >= 15 is 0 Å². The van der Waals surface area contributed by atoms with Crippen LogP contribution in [0.25, 0.3) is 0 Å². The molecule has 0 radical (unpaired) electrons. The number of nitrogens with zero attached hydrogens (tertiary/aromatic N) is 1. The Morgan fingerprint density at radius 1 is 1.62 bits per heavy atom. The van der Waals surface area contributed by atoms with Gasteiger partial charge in [0.2, 0.25) is 0 Å². The van der Waals surface area contributed by atoms with Crippen LogP contribution in [0.4, 0.5) is 0 Å². The molecular weight excluding hydrogens is 190 g/mol. The summed E-state index contributed by atoms with van der Waals surface area (Å²) >= 11 is 0. The van der Waals surface area contributed by atoms with Crippen LogP contribution in [-0.2, 0) is 9.53 Å². The number of hydrogen-bond donors (Lipinski definition) is 0. The zero-order valence-corrected chi connectivity index (χ0v) is 9.32. The second kappa shape index (κ2) is 4.82. The first-order chi connectivity index (χ1) is 5.61. The average molecular weight is 208 g/mol. The van der Waals surface area contributed by atoms with Crippen molar-refractivity contribution in [2.45, 2.75) is 32.2 Å². The number of halogens is 1. The minimum atomic E-state index is -0.365. The summed E-state index contributed by atoms with van der Waals surface area (Å²) in [6.07, 6.45) is 2.01. The number of carbonyl (C=O) groups is 1. The van der Waals surface area contributed by atoms with Gasteiger partial charge in [-0.15, -0.1) is 12.4 Å². The van der Waals surface area contributed by atoms with Gasteiger partial charge in [0.25, 0.3) is 0 Å². The minimum absolute atomic E-state index is 0. The average Bonchev–Trinajstić information content (AvgIpc) is 2.34. The zero-order valence-electron chi connectivity index (χ0n) is 8.50. The van der Waals surface area contributed by atoms with Gasteiger partial charge in [-0.25, -0.2) is 0 Å². The first kappa shape index (κ1) is 12.7. The summed E-state index contributed by atoms with van der Waals surface area (Å²) in [5.41, 5.74) is -0.365. The van der Waals surface area contributed by atoms with E-state index in [0.29, 0.717) is 6.61 Å². The molecule has 1 aliphatic heterocycles. The van der Waals surface area contributed by atoms with Crippen molar-refractivity contribution in [1.29, 1.82) is 0 Å². The molecule has 0 spiro atoms. The summed E-state index contributed by atoms with van der Waals surface area (Å²) in [5, 5.41) is 0. The Balaban J connectivity index is 0.00000144. The summed E-state index contributed by atoms with van der Waals surface area (Å²) in [4.78, 5) is 13.6. The number of esters is 1. The molecule has 1 atom stereocenters. The van der Waals surface area contributed by atoms with Crippen molar-refractivity contribution in [3.8, 4) is 0 Å². The van der Waals surface area contributed by atoms with E-state index in [1.54, 1.807) is 0 Å². The molecule has 1 saturated heterocycles. The van der Waals surface area contributed by atoms with Gasteiger partial charge in [-0.05, 0) is 40.3 Å². The summed E-state index contributed by atoms with van der Waals surface area (Å²) in [6, 6.07) is 0. The second-order valence-electron chi connectivity index (χ2n) is 3.52. The maximum atomic E-state index is 11.5. The molecule has 0 amide bonds. The van der Waals surface area contributed by atoms with Crippen LogP contribution < -0.4 is 0 Å². The van der Waals surface area contributed by atoms with Crippen LogP contribution >= 0.6 is 12.4 Å². The van der Waals surface area contributed by atoms with E-state index in [9.17, 15) is 4.79 Å². The van der Waals surface area contributed by atoms with Crippen LogP contribution in [0.15, 0.2) is 0 Å². The molecule has 0 aromatic heterocycles. The maximum Gasteiger partial charge on any atom is 0.326 e. The highest BCUT2D eigenvalue weighted by molar-refractivity contribution is 5.85. The van der Waals surface area contributed by atoms with E-state index in [4.69, 9.17) is 4.74 Å². The number of likely N-dealkylation sites (N-methyl/N-ethyl adjacent to an activating group) is 1. The molecule has 1 fully saturated rings. The van der Waals surface area contributed by atoms with Crippen molar-refractivity contribution in [2.75, 3.05) is 20.2 Å². The highest BCUT2D eigenvalue weighted by atomic mass is 35.5. The van der Waals surface area contributed by atoms with E-state index in [-0.39, 0.29) is 23.9 Å². The number of ether oxygens (including phenoxy) is 1. The second-order valence-corrected chi connectivity index (χ2v) is 3.52. The maximum absolute atomic E-state index is 11.5. The molecule has 0 aromatic carbocycles. The zero-order chi connectivity index (χ0) is 9.19. The van der Waals surface area contributed by atoms with E-state index in [0.717, 1.165) is 19.4 Å². The van der Waals surface area contributed by atoms with Gasteiger partial charge < -0.3 is 4.74 Å². The quantitative estimate of drug-likeness (QED) is 0.643. The largest absolute Gasteiger partial charge is 0.465 e. The topological polar surface area (TPSA) is 29.5 Å². The van der Waals surface area contributed by atoms with Crippen LogP contribution in [0.2, 0.25) is 0 Å². The van der Waals surface area contributed by atoms with E-state index in [2.05, 4.69) is 4.90 Å². The minimum Gasteiger partial charge on any atom is -0.465 e. The fraction of sp³-hybridized carbons (Fsp3) is 0.889. The Morgan fingerprint density at radius 2 is 2.23 bits per heavy atom. The van der Waals surface area contributed by atoms with Crippen molar-refractivity contribution >= 4 is 18.4 Å². The van der Waals surface area contributed by atoms with Crippen molar-refractivity contribution < 1.29 is 9.53 Å². The van der Waals surface area contributed by atoms with Crippen molar-refractivity contribution in [3.63, 3.8) is 0 Å². The lowest BCUT2D eigenvalue weighted by molar-refractivity contribution is -0.154. The van der Waals surface area contributed by atoms with Gasteiger partial charge in [-0.3, -0.25) is 9.69 Å². The van der Waals surface area contributed by atoms with Gasteiger partial charge in [0, 0.05) is 0 Å². The van der Waals surface area contributed by atoms with Crippen molar-refractivity contribution in [2.24, 2.45) is 0 Å². The van der Waals surface area contributed by atoms with Gasteiger partial charge in [-0.1, -0.05) is 0 Å². The Morgan fingerprint density at radius 3 is 2.62 bits per heavy atom. The highest BCUT2D eigenvalue weighted by Crippen LogP contribution is 2.28. The normalized spacial score (nSPS) is 28.2. The van der Waals surface area contributed by atoms with Crippen LogP contribution in [-0.4, -0.2) is 36.6 Å². The smallest absolute Gasteiger partial charge is 0.326 e. The number of carbonyl (C=O) groups excluding carboxylic acids is 1. The Bertz CT molecular complexity index is 186. The molecule has 0 N–H and O–H groups in total. The van der Waals surface area contributed by atoms with E-state index in [1.807, 2.05) is 20.9 Å². The molecule has 0 saturated carbocycles. The van der Waals surface area contributed by atoms with Crippen LogP contribution in [0.3, 0.4) is 0 Å². The SMILES string of the molecule is CCOC(=O)C1(C)CCCN1C.Cl. The molecule has 0 aliphatic carbocycles. The summed E-state index contributed by atoms with van der Waals surface area (Å²) < 4.78 is 5.02. The molecule has 78 valence electrons. The lowest BCUT2D eigenvalue weighted by Gasteiger charge is -2.29. The molecule has 0 bridgehead atoms. The molecule has 1 unspecified atom stereocenters. The highest BCUT2D eigenvalue weighted by Gasteiger charge is 2.42. The molecule has 0 aromatic rings. The van der Waals surface area contributed by atoms with Gasteiger partial charge in [0.1, 0.15) is 5.54 Å². The molecule has 3 nitrogen and oxygen atoms in total. The number of likely N-dealkylation sites (tertiary alicyclic amines) is 1. The molecular formula is C9H18ClNO2. The Kier molecular flexibility index (Phi) is 4.71. The monoisotopic (exact) mass is 207 g/mol. The van der Waals surface area contributed by atoms with Crippen molar-refractivity contribution in [1.82, 2.24) is 4.90 Å². The molecule has 4 heteroatoms. The first-order valence-electron chi connectivity index (χ1n) is 4.49. The Labute approximate surface area is 85.8 Å². The van der Waals surface area contributed by atoms with E-state index < -0.39 is 0 Å². The number of hydrogen-bond acceptors (Lipinski definition) is 3. The number of rotatable bonds is 2. The molecule has 1 aliphatic rings. The molecule has 13 heavy (non-hydrogen) atoms. The van der Waals surface area contributed by atoms with Crippen LogP contribution in [0, 0.1) is 0 Å². The van der Waals surface area contributed by atoms with Gasteiger partial charge in [-0.2, -0.15) is 0 Å². The van der Waals surface area contributed by atoms with Crippen LogP contribution in [0.5, 0.6) is 0 Å². The fourth-order valence-electron chi connectivity index (χ4n) is 1.64. The summed E-state index contributed by atoms with van der Waals surface area (Å²) in [5.74, 6) is -0.0787. The molecule has 1 heterocycles.